The lowest BCUT2D eigenvalue weighted by Crippen LogP contribution is -2.15. The van der Waals surface area contributed by atoms with E-state index < -0.39 is 27.0 Å². The number of hydrogen-bond acceptors (Lipinski definition) is 6. The SMILES string of the molecule is NS(=O)(=O)c1ccc(-n2nc(C(F)(F)F)nc2-c2ccccc2)nn1. The first-order valence-corrected chi connectivity index (χ1v) is 8.17. The Balaban J connectivity index is 2.16. The lowest BCUT2D eigenvalue weighted by molar-refractivity contribution is -0.144. The second-order valence-corrected chi connectivity index (χ2v) is 6.32. The summed E-state index contributed by atoms with van der Waals surface area (Å²) in [6, 6.07) is 10.2. The summed E-state index contributed by atoms with van der Waals surface area (Å²) in [5, 5.41) is 14.8. The van der Waals surface area contributed by atoms with Crippen LogP contribution in [0.1, 0.15) is 5.82 Å². The number of benzene rings is 1. The molecule has 2 aromatic heterocycles. The van der Waals surface area contributed by atoms with E-state index in [1.807, 2.05) is 0 Å². The van der Waals surface area contributed by atoms with Gasteiger partial charge in [-0.2, -0.15) is 17.9 Å². The number of primary sulfonamides is 1. The number of sulfonamides is 1. The Morgan fingerprint density at radius 3 is 2.20 bits per heavy atom. The van der Waals surface area contributed by atoms with E-state index in [1.165, 1.54) is 0 Å². The first-order valence-electron chi connectivity index (χ1n) is 6.63. The van der Waals surface area contributed by atoms with Crippen molar-refractivity contribution < 1.29 is 21.6 Å². The third-order valence-electron chi connectivity index (χ3n) is 3.03. The molecule has 0 aliphatic carbocycles. The monoisotopic (exact) mass is 370 g/mol. The molecule has 0 atom stereocenters. The summed E-state index contributed by atoms with van der Waals surface area (Å²) in [6.45, 7) is 0. The van der Waals surface area contributed by atoms with Crippen LogP contribution >= 0.6 is 0 Å². The van der Waals surface area contributed by atoms with Gasteiger partial charge in [-0.3, -0.25) is 0 Å². The van der Waals surface area contributed by atoms with E-state index in [9.17, 15) is 21.6 Å². The fraction of sp³-hybridized carbons (Fsp3) is 0.0769. The van der Waals surface area contributed by atoms with Gasteiger partial charge in [0.2, 0.25) is 0 Å². The van der Waals surface area contributed by atoms with Crippen LogP contribution in [0.4, 0.5) is 13.2 Å². The molecule has 0 aliphatic heterocycles. The molecule has 130 valence electrons. The average molecular weight is 370 g/mol. The topological polar surface area (TPSA) is 117 Å². The standard InChI is InChI=1S/C13H9F3N6O2S/c14-13(15,16)12-18-11(8-4-2-1-3-5-8)22(21-12)9-6-7-10(20-19-9)25(17,23)24/h1-7H,(H2,17,23,24). The van der Waals surface area contributed by atoms with Gasteiger partial charge in [0.05, 0.1) is 0 Å². The highest BCUT2D eigenvalue weighted by atomic mass is 32.2. The minimum absolute atomic E-state index is 0.120. The molecule has 12 heteroatoms. The predicted octanol–water partition coefficient (Wildman–Crippen LogP) is 1.39. The van der Waals surface area contributed by atoms with E-state index in [0.717, 1.165) is 16.8 Å². The van der Waals surface area contributed by atoms with Crippen molar-refractivity contribution in [1.29, 1.82) is 0 Å². The number of nitrogens with two attached hydrogens (primary N) is 1. The molecule has 0 bridgehead atoms. The molecule has 0 saturated carbocycles. The van der Waals surface area contributed by atoms with Gasteiger partial charge in [-0.15, -0.1) is 15.3 Å². The van der Waals surface area contributed by atoms with E-state index >= 15 is 0 Å². The summed E-state index contributed by atoms with van der Waals surface area (Å²) >= 11 is 0. The van der Waals surface area contributed by atoms with Crippen molar-refractivity contribution in [2.24, 2.45) is 5.14 Å². The largest absolute Gasteiger partial charge is 0.453 e. The third kappa shape index (κ3) is 3.49. The van der Waals surface area contributed by atoms with Crippen LogP contribution < -0.4 is 5.14 Å². The number of aromatic nitrogens is 5. The van der Waals surface area contributed by atoms with Gasteiger partial charge in [-0.1, -0.05) is 30.3 Å². The Morgan fingerprint density at radius 1 is 1.00 bits per heavy atom. The van der Waals surface area contributed by atoms with Crippen LogP contribution in [0.2, 0.25) is 0 Å². The van der Waals surface area contributed by atoms with E-state index in [0.29, 0.717) is 5.56 Å². The molecule has 0 aliphatic rings. The van der Waals surface area contributed by atoms with Gasteiger partial charge in [0.15, 0.2) is 16.7 Å². The maximum atomic E-state index is 13.0. The van der Waals surface area contributed by atoms with Crippen LogP contribution in [0.3, 0.4) is 0 Å². The van der Waals surface area contributed by atoms with Crippen molar-refractivity contribution >= 4 is 10.0 Å². The molecule has 0 unspecified atom stereocenters. The van der Waals surface area contributed by atoms with Gasteiger partial charge < -0.3 is 0 Å². The molecule has 0 saturated heterocycles. The van der Waals surface area contributed by atoms with E-state index in [-0.39, 0.29) is 11.6 Å². The minimum atomic E-state index is -4.76. The summed E-state index contributed by atoms with van der Waals surface area (Å²) in [6.07, 6.45) is -4.76. The fourth-order valence-corrected chi connectivity index (χ4v) is 2.36. The minimum Gasteiger partial charge on any atom is -0.223 e. The van der Waals surface area contributed by atoms with Crippen LogP contribution in [-0.4, -0.2) is 33.4 Å². The van der Waals surface area contributed by atoms with Crippen molar-refractivity contribution in [3.63, 3.8) is 0 Å². The van der Waals surface area contributed by atoms with Crippen LogP contribution in [-0.2, 0) is 16.2 Å². The number of nitrogens with zero attached hydrogens (tertiary/aromatic N) is 5. The molecule has 0 fully saturated rings. The third-order valence-corrected chi connectivity index (χ3v) is 3.83. The van der Waals surface area contributed by atoms with Gasteiger partial charge in [0.1, 0.15) is 0 Å². The number of halogens is 3. The highest BCUT2D eigenvalue weighted by molar-refractivity contribution is 7.89. The van der Waals surface area contributed by atoms with Crippen molar-refractivity contribution in [3.05, 3.63) is 48.3 Å². The highest BCUT2D eigenvalue weighted by Gasteiger charge is 2.37. The molecular weight excluding hydrogens is 361 g/mol. The normalized spacial score (nSPS) is 12.3. The smallest absolute Gasteiger partial charge is 0.223 e. The maximum Gasteiger partial charge on any atom is 0.453 e. The van der Waals surface area contributed by atoms with Crippen LogP contribution in [0.15, 0.2) is 47.5 Å². The highest BCUT2D eigenvalue weighted by Crippen LogP contribution is 2.29. The molecule has 3 rings (SSSR count). The molecular formula is C13H9F3N6O2S. The van der Waals surface area contributed by atoms with E-state index in [1.54, 1.807) is 30.3 Å². The summed E-state index contributed by atoms with van der Waals surface area (Å²) in [7, 11) is -4.08. The van der Waals surface area contributed by atoms with Gasteiger partial charge in [-0.25, -0.2) is 18.5 Å². The van der Waals surface area contributed by atoms with Crippen LogP contribution in [0, 0.1) is 0 Å². The summed E-state index contributed by atoms with van der Waals surface area (Å²) in [4.78, 5) is 3.52. The number of alkyl halides is 3. The lowest BCUT2D eigenvalue weighted by Gasteiger charge is -2.04. The fourth-order valence-electron chi connectivity index (χ4n) is 1.94. The van der Waals surface area contributed by atoms with Crippen molar-refractivity contribution in [2.45, 2.75) is 11.2 Å². The van der Waals surface area contributed by atoms with Gasteiger partial charge in [0, 0.05) is 5.56 Å². The Morgan fingerprint density at radius 2 is 1.68 bits per heavy atom. The second kappa shape index (κ2) is 5.89. The maximum absolute atomic E-state index is 13.0. The molecule has 0 spiro atoms. The Bertz CT molecular complexity index is 1000. The average Bonchev–Trinajstić information content (AvgIpc) is 3.00. The van der Waals surface area contributed by atoms with E-state index in [2.05, 4.69) is 20.3 Å². The Labute approximate surface area is 139 Å². The summed E-state index contributed by atoms with van der Waals surface area (Å²) in [5.74, 6) is -1.62. The van der Waals surface area contributed by atoms with Gasteiger partial charge >= 0.3 is 6.18 Å². The number of hydrogen-bond donors (Lipinski definition) is 1. The second-order valence-electron chi connectivity index (χ2n) is 4.81. The molecule has 3 aromatic rings. The molecule has 2 heterocycles. The van der Waals surface area contributed by atoms with E-state index in [4.69, 9.17) is 5.14 Å². The van der Waals surface area contributed by atoms with Crippen molar-refractivity contribution in [3.8, 4) is 17.2 Å². The molecule has 2 N–H and O–H groups in total. The first-order chi connectivity index (χ1) is 11.7. The zero-order chi connectivity index (χ0) is 18.2. The molecule has 25 heavy (non-hydrogen) atoms. The zero-order valence-electron chi connectivity index (χ0n) is 12.2. The van der Waals surface area contributed by atoms with Crippen LogP contribution in [0.25, 0.3) is 17.2 Å². The molecule has 1 aromatic carbocycles. The molecule has 0 amide bonds. The quantitative estimate of drug-likeness (QED) is 0.745. The molecule has 8 nitrogen and oxygen atoms in total. The van der Waals surface area contributed by atoms with Crippen molar-refractivity contribution in [1.82, 2.24) is 25.0 Å². The lowest BCUT2D eigenvalue weighted by atomic mass is 10.2. The zero-order valence-corrected chi connectivity index (χ0v) is 13.0. The van der Waals surface area contributed by atoms with Gasteiger partial charge in [-0.05, 0) is 12.1 Å². The van der Waals surface area contributed by atoms with Gasteiger partial charge in [0.25, 0.3) is 15.8 Å². The summed E-state index contributed by atoms with van der Waals surface area (Å²) < 4.78 is 62.1. The predicted molar refractivity (Wildman–Crippen MR) is 78.8 cm³/mol. The first kappa shape index (κ1) is 17.0. The summed E-state index contributed by atoms with van der Waals surface area (Å²) in [5.41, 5.74) is 0.364. The van der Waals surface area contributed by atoms with Crippen LogP contribution in [0.5, 0.6) is 0 Å². The molecule has 0 radical (unpaired) electrons. The Kier molecular flexibility index (Phi) is 4.00. The van der Waals surface area contributed by atoms with Crippen molar-refractivity contribution in [2.75, 3.05) is 0 Å². The number of rotatable bonds is 3. The Hall–Kier alpha value is -2.86.